The number of benzene rings is 1. The molecule has 0 atom stereocenters. The predicted molar refractivity (Wildman–Crippen MR) is 57.7 cm³/mol. The van der Waals surface area contributed by atoms with Crippen LogP contribution >= 0.6 is 0 Å². The molecule has 86 valence electrons. The second-order valence-corrected chi connectivity index (χ2v) is 3.22. The van der Waals surface area contributed by atoms with Crippen molar-refractivity contribution in [3.05, 3.63) is 35.9 Å². The molecule has 4 nitrogen and oxygen atoms in total. The summed E-state index contributed by atoms with van der Waals surface area (Å²) < 4.78 is 9.51. The van der Waals surface area contributed by atoms with Gasteiger partial charge in [0.15, 0.2) is 0 Å². The van der Waals surface area contributed by atoms with Crippen LogP contribution < -0.4 is 0 Å². The molecule has 0 N–H and O–H groups in total. The molecule has 1 aromatic carbocycles. The third-order valence-corrected chi connectivity index (χ3v) is 1.84. The molecule has 0 spiro atoms. The average molecular weight is 222 g/mol. The molecule has 0 unspecified atom stereocenters. The van der Waals surface area contributed by atoms with Gasteiger partial charge in [0.2, 0.25) is 0 Å². The number of rotatable bonds is 5. The van der Waals surface area contributed by atoms with Crippen molar-refractivity contribution in [1.82, 2.24) is 0 Å². The minimum atomic E-state index is -0.376. The van der Waals surface area contributed by atoms with Gasteiger partial charge in [-0.05, 0) is 5.56 Å². The molecule has 0 aromatic heterocycles. The third kappa shape index (κ3) is 5.14. The molecule has 0 heterocycles. The molecule has 1 rings (SSSR count). The Morgan fingerprint density at radius 1 is 1.06 bits per heavy atom. The first kappa shape index (κ1) is 12.2. The Kier molecular flexibility index (Phi) is 5.05. The minimum absolute atomic E-state index is 0.102. The zero-order valence-electron chi connectivity index (χ0n) is 9.14. The quantitative estimate of drug-likeness (QED) is 0.557. The topological polar surface area (TPSA) is 52.6 Å². The van der Waals surface area contributed by atoms with Gasteiger partial charge in [-0.1, -0.05) is 30.3 Å². The summed E-state index contributed by atoms with van der Waals surface area (Å²) in [4.78, 5) is 21.7. The number of carbonyl (C=O) groups excluding carboxylic acids is 2. The van der Waals surface area contributed by atoms with Crippen molar-refractivity contribution in [3.8, 4) is 0 Å². The predicted octanol–water partition coefficient (Wildman–Crippen LogP) is 1.34. The van der Waals surface area contributed by atoms with Crippen molar-refractivity contribution in [3.63, 3.8) is 0 Å². The maximum absolute atomic E-state index is 11.3. The summed E-state index contributed by atoms with van der Waals surface area (Å²) >= 11 is 0. The van der Waals surface area contributed by atoms with Gasteiger partial charge in [0.1, 0.15) is 13.2 Å². The lowest BCUT2D eigenvalue weighted by atomic mass is 10.2. The van der Waals surface area contributed by atoms with E-state index in [2.05, 4.69) is 4.74 Å². The Bertz CT molecular complexity index is 345. The molecule has 0 saturated carbocycles. The molecule has 16 heavy (non-hydrogen) atoms. The van der Waals surface area contributed by atoms with E-state index in [0.717, 1.165) is 5.56 Å². The van der Waals surface area contributed by atoms with Gasteiger partial charge >= 0.3 is 11.9 Å². The zero-order valence-corrected chi connectivity index (χ0v) is 9.14. The van der Waals surface area contributed by atoms with E-state index in [9.17, 15) is 9.59 Å². The fourth-order valence-corrected chi connectivity index (χ4v) is 1.15. The van der Waals surface area contributed by atoms with Crippen LogP contribution in [0.4, 0.5) is 0 Å². The zero-order chi connectivity index (χ0) is 11.8. The van der Waals surface area contributed by atoms with Gasteiger partial charge in [0.05, 0.1) is 6.42 Å². The van der Waals surface area contributed by atoms with Crippen LogP contribution in [-0.2, 0) is 25.5 Å². The number of hydrogen-bond acceptors (Lipinski definition) is 4. The van der Waals surface area contributed by atoms with Crippen molar-refractivity contribution in [2.24, 2.45) is 0 Å². The third-order valence-electron chi connectivity index (χ3n) is 1.84. The molecule has 0 aliphatic carbocycles. The summed E-state index contributed by atoms with van der Waals surface area (Å²) in [6.45, 7) is 1.52. The average Bonchev–Trinajstić information content (AvgIpc) is 2.25. The molecule has 0 saturated heterocycles. The summed E-state index contributed by atoms with van der Waals surface area (Å²) in [6.07, 6.45) is 0.237. The van der Waals surface area contributed by atoms with Crippen molar-refractivity contribution >= 4 is 11.9 Å². The largest absolute Gasteiger partial charge is 0.462 e. The van der Waals surface area contributed by atoms with Gasteiger partial charge in [-0.25, -0.2) is 0 Å². The van der Waals surface area contributed by atoms with Crippen LogP contribution in [0, 0.1) is 0 Å². The maximum atomic E-state index is 11.3. The lowest BCUT2D eigenvalue weighted by molar-refractivity contribution is -0.150. The lowest BCUT2D eigenvalue weighted by Crippen LogP contribution is -2.13. The summed E-state index contributed by atoms with van der Waals surface area (Å²) in [5, 5.41) is 0. The van der Waals surface area contributed by atoms with E-state index in [0.29, 0.717) is 0 Å². The highest BCUT2D eigenvalue weighted by Crippen LogP contribution is 2.00. The van der Waals surface area contributed by atoms with Crippen LogP contribution in [0.2, 0.25) is 0 Å². The molecule has 0 amide bonds. The summed E-state index contributed by atoms with van der Waals surface area (Å²) in [6, 6.07) is 9.32. The van der Waals surface area contributed by atoms with Gasteiger partial charge in [0, 0.05) is 6.92 Å². The molecule has 0 radical (unpaired) electrons. The fraction of sp³-hybridized carbons (Fsp3) is 0.333. The summed E-state index contributed by atoms with van der Waals surface area (Å²) in [7, 11) is 0. The molecule has 0 aliphatic rings. The SMILES string of the molecule is CC(=O)OCCOC(=O)Cc1ccccc1. The van der Waals surface area contributed by atoms with E-state index in [1.165, 1.54) is 6.92 Å². The van der Waals surface area contributed by atoms with Gasteiger partial charge in [-0.3, -0.25) is 9.59 Å². The first-order valence-electron chi connectivity index (χ1n) is 5.01. The summed E-state index contributed by atoms with van der Waals surface area (Å²) in [5.74, 6) is -0.697. The van der Waals surface area contributed by atoms with E-state index in [1.807, 2.05) is 30.3 Å². The Balaban J connectivity index is 2.19. The molecule has 1 aromatic rings. The normalized spacial score (nSPS) is 9.56. The van der Waals surface area contributed by atoms with Gasteiger partial charge < -0.3 is 9.47 Å². The van der Waals surface area contributed by atoms with E-state index >= 15 is 0 Å². The lowest BCUT2D eigenvalue weighted by Gasteiger charge is -2.04. The van der Waals surface area contributed by atoms with Crippen LogP contribution in [-0.4, -0.2) is 25.2 Å². The van der Waals surface area contributed by atoms with Crippen molar-refractivity contribution in [2.75, 3.05) is 13.2 Å². The van der Waals surface area contributed by atoms with Crippen LogP contribution in [0.5, 0.6) is 0 Å². The second kappa shape index (κ2) is 6.61. The Morgan fingerprint density at radius 3 is 2.31 bits per heavy atom. The van der Waals surface area contributed by atoms with E-state index in [-0.39, 0.29) is 31.6 Å². The van der Waals surface area contributed by atoms with Crippen LogP contribution in [0.1, 0.15) is 12.5 Å². The van der Waals surface area contributed by atoms with Crippen molar-refractivity contribution < 1.29 is 19.1 Å². The molecule has 0 fully saturated rings. The molecule has 4 heteroatoms. The minimum Gasteiger partial charge on any atom is -0.462 e. The Hall–Kier alpha value is -1.84. The highest BCUT2D eigenvalue weighted by Gasteiger charge is 2.04. The van der Waals surface area contributed by atoms with Crippen molar-refractivity contribution in [1.29, 1.82) is 0 Å². The molecular formula is C12H14O4. The van der Waals surface area contributed by atoms with Crippen LogP contribution in [0.25, 0.3) is 0 Å². The highest BCUT2D eigenvalue weighted by atomic mass is 16.6. The number of hydrogen-bond donors (Lipinski definition) is 0. The van der Waals surface area contributed by atoms with Crippen LogP contribution in [0.3, 0.4) is 0 Å². The Labute approximate surface area is 94.2 Å². The maximum Gasteiger partial charge on any atom is 0.310 e. The van der Waals surface area contributed by atoms with Gasteiger partial charge in [-0.15, -0.1) is 0 Å². The monoisotopic (exact) mass is 222 g/mol. The smallest absolute Gasteiger partial charge is 0.310 e. The Morgan fingerprint density at radius 2 is 1.69 bits per heavy atom. The standard InChI is InChI=1S/C12H14O4/c1-10(13)15-7-8-16-12(14)9-11-5-3-2-4-6-11/h2-6H,7-9H2,1H3. The number of carbonyl (C=O) groups is 2. The second-order valence-electron chi connectivity index (χ2n) is 3.22. The molecule has 0 aliphatic heterocycles. The van der Waals surface area contributed by atoms with Crippen molar-refractivity contribution in [2.45, 2.75) is 13.3 Å². The van der Waals surface area contributed by atoms with E-state index in [4.69, 9.17) is 4.74 Å². The number of esters is 2. The first-order valence-corrected chi connectivity index (χ1v) is 5.01. The first-order chi connectivity index (χ1) is 7.68. The molecular weight excluding hydrogens is 208 g/mol. The fourth-order valence-electron chi connectivity index (χ4n) is 1.15. The van der Waals surface area contributed by atoms with Gasteiger partial charge in [0.25, 0.3) is 0 Å². The van der Waals surface area contributed by atoms with Gasteiger partial charge in [-0.2, -0.15) is 0 Å². The van der Waals surface area contributed by atoms with E-state index in [1.54, 1.807) is 0 Å². The summed E-state index contributed by atoms with van der Waals surface area (Å²) in [5.41, 5.74) is 0.903. The van der Waals surface area contributed by atoms with E-state index < -0.39 is 0 Å². The highest BCUT2D eigenvalue weighted by molar-refractivity contribution is 5.72. The molecule has 0 bridgehead atoms. The van der Waals surface area contributed by atoms with Crippen LogP contribution in [0.15, 0.2) is 30.3 Å². The number of ether oxygens (including phenoxy) is 2.